The maximum Gasteiger partial charge on any atom is 0.227 e. The lowest BCUT2D eigenvalue weighted by molar-refractivity contribution is -0.132. The monoisotopic (exact) mass is 328 g/mol. The number of hydrogen-bond donors (Lipinski definition) is 0. The summed E-state index contributed by atoms with van der Waals surface area (Å²) in [6.45, 7) is 6.92. The first-order valence-electron chi connectivity index (χ1n) is 8.47. The first-order valence-corrected chi connectivity index (χ1v) is 8.47. The summed E-state index contributed by atoms with van der Waals surface area (Å²) in [7, 11) is 0. The van der Waals surface area contributed by atoms with Gasteiger partial charge in [0.15, 0.2) is 5.82 Å². The fourth-order valence-corrected chi connectivity index (χ4v) is 3.02. The summed E-state index contributed by atoms with van der Waals surface area (Å²) in [5, 5.41) is 4.01. The molecule has 0 N–H and O–H groups in total. The van der Waals surface area contributed by atoms with Crippen molar-refractivity contribution in [2.75, 3.05) is 6.54 Å². The molecule has 1 saturated heterocycles. The zero-order chi connectivity index (χ0) is 17.2. The van der Waals surface area contributed by atoms with Gasteiger partial charge in [0.2, 0.25) is 11.8 Å². The van der Waals surface area contributed by atoms with Crippen molar-refractivity contribution in [2.24, 2.45) is 0 Å². The van der Waals surface area contributed by atoms with Crippen molar-refractivity contribution in [3.05, 3.63) is 41.8 Å². The van der Waals surface area contributed by atoms with Gasteiger partial charge in [0.05, 0.1) is 6.04 Å². The van der Waals surface area contributed by atoms with Gasteiger partial charge < -0.3 is 9.42 Å². The fraction of sp³-hybridized carbons (Fsp3) is 0.556. The standard InChI is InChI=1S/C18H24N4O2/c1-18(2,3)17-20-15(24-21-17)6-7-16(23)22-12-4-5-14(22)13-8-10-19-11-9-13/h8-11,14H,4-7,12H2,1-3H3/t14-/m1/s1. The number of pyridine rings is 1. The Balaban J connectivity index is 1.61. The highest BCUT2D eigenvalue weighted by Crippen LogP contribution is 2.32. The molecule has 0 bridgehead atoms. The Morgan fingerprint density at radius 2 is 2.08 bits per heavy atom. The molecule has 0 spiro atoms. The number of carbonyl (C=O) groups is 1. The van der Waals surface area contributed by atoms with Gasteiger partial charge in [-0.15, -0.1) is 0 Å². The molecule has 2 aromatic heterocycles. The van der Waals surface area contributed by atoms with Gasteiger partial charge in [-0.3, -0.25) is 9.78 Å². The highest BCUT2D eigenvalue weighted by atomic mass is 16.5. The van der Waals surface area contributed by atoms with Gasteiger partial charge in [-0.05, 0) is 30.5 Å². The topological polar surface area (TPSA) is 72.1 Å². The maximum atomic E-state index is 12.6. The molecule has 0 saturated carbocycles. The maximum absolute atomic E-state index is 12.6. The summed E-state index contributed by atoms with van der Waals surface area (Å²) < 4.78 is 5.28. The Labute approximate surface area is 142 Å². The summed E-state index contributed by atoms with van der Waals surface area (Å²) >= 11 is 0. The van der Waals surface area contributed by atoms with Crippen LogP contribution in [0.5, 0.6) is 0 Å². The molecular formula is C18H24N4O2. The van der Waals surface area contributed by atoms with Crippen molar-refractivity contribution in [2.45, 2.75) is 57.9 Å². The van der Waals surface area contributed by atoms with Crippen LogP contribution in [0.1, 0.15) is 63.4 Å². The lowest BCUT2D eigenvalue weighted by Crippen LogP contribution is -2.30. The van der Waals surface area contributed by atoms with E-state index in [4.69, 9.17) is 4.52 Å². The summed E-state index contributed by atoms with van der Waals surface area (Å²) in [4.78, 5) is 23.0. The fourth-order valence-electron chi connectivity index (χ4n) is 3.02. The third kappa shape index (κ3) is 3.63. The van der Waals surface area contributed by atoms with Crippen LogP contribution in [0.15, 0.2) is 29.0 Å². The number of amides is 1. The highest BCUT2D eigenvalue weighted by Gasteiger charge is 2.30. The van der Waals surface area contributed by atoms with Crippen LogP contribution in [-0.2, 0) is 16.6 Å². The van der Waals surface area contributed by atoms with Gasteiger partial charge in [0, 0.05) is 37.2 Å². The Hall–Kier alpha value is -2.24. The van der Waals surface area contributed by atoms with E-state index in [1.165, 1.54) is 0 Å². The molecule has 3 heterocycles. The van der Waals surface area contributed by atoms with Crippen LogP contribution in [0.4, 0.5) is 0 Å². The molecule has 1 aliphatic rings. The van der Waals surface area contributed by atoms with Crippen molar-refractivity contribution in [1.82, 2.24) is 20.0 Å². The third-order valence-electron chi connectivity index (χ3n) is 4.36. The number of aromatic nitrogens is 3. The number of likely N-dealkylation sites (tertiary alicyclic amines) is 1. The van der Waals surface area contributed by atoms with Crippen LogP contribution >= 0.6 is 0 Å². The van der Waals surface area contributed by atoms with Crippen LogP contribution in [-0.4, -0.2) is 32.5 Å². The van der Waals surface area contributed by atoms with Crippen molar-refractivity contribution in [1.29, 1.82) is 0 Å². The minimum Gasteiger partial charge on any atom is -0.339 e. The van der Waals surface area contributed by atoms with Gasteiger partial charge in [-0.2, -0.15) is 4.98 Å². The average molecular weight is 328 g/mol. The molecule has 24 heavy (non-hydrogen) atoms. The van der Waals surface area contributed by atoms with Gasteiger partial charge in [-0.25, -0.2) is 0 Å². The van der Waals surface area contributed by atoms with E-state index < -0.39 is 0 Å². The molecular weight excluding hydrogens is 304 g/mol. The highest BCUT2D eigenvalue weighted by molar-refractivity contribution is 5.77. The molecule has 0 aromatic carbocycles. The summed E-state index contributed by atoms with van der Waals surface area (Å²) in [6, 6.07) is 4.14. The second-order valence-corrected chi connectivity index (χ2v) is 7.29. The molecule has 0 radical (unpaired) electrons. The van der Waals surface area contributed by atoms with Crippen molar-refractivity contribution in [3.63, 3.8) is 0 Å². The van der Waals surface area contributed by atoms with Crippen molar-refractivity contribution >= 4 is 5.91 Å². The zero-order valence-electron chi connectivity index (χ0n) is 14.5. The summed E-state index contributed by atoms with van der Waals surface area (Å²) in [5.41, 5.74) is 1.01. The molecule has 1 amide bonds. The lowest BCUT2D eigenvalue weighted by Gasteiger charge is -2.24. The first kappa shape index (κ1) is 16.6. The van der Waals surface area contributed by atoms with Crippen molar-refractivity contribution < 1.29 is 9.32 Å². The van der Waals surface area contributed by atoms with Gasteiger partial charge in [-0.1, -0.05) is 25.9 Å². The van der Waals surface area contributed by atoms with Crippen molar-refractivity contribution in [3.8, 4) is 0 Å². The lowest BCUT2D eigenvalue weighted by atomic mass is 9.96. The predicted octanol–water partition coefficient (Wildman–Crippen LogP) is 3.06. The minimum atomic E-state index is -0.146. The number of hydrogen-bond acceptors (Lipinski definition) is 5. The Bertz CT molecular complexity index is 691. The number of aryl methyl sites for hydroxylation is 1. The molecule has 6 heteroatoms. The van der Waals surface area contributed by atoms with E-state index in [0.717, 1.165) is 24.9 Å². The van der Waals surface area contributed by atoms with Gasteiger partial charge in [0.1, 0.15) is 0 Å². The summed E-state index contributed by atoms with van der Waals surface area (Å²) in [6.07, 6.45) is 6.48. The van der Waals surface area contributed by atoms with Crippen LogP contribution in [0.3, 0.4) is 0 Å². The number of rotatable bonds is 4. The second kappa shape index (κ2) is 6.71. The van der Waals surface area contributed by atoms with E-state index >= 15 is 0 Å². The number of nitrogens with zero attached hydrogens (tertiary/aromatic N) is 4. The normalized spacial score (nSPS) is 18.1. The molecule has 3 rings (SSSR count). The van der Waals surface area contributed by atoms with E-state index in [2.05, 4.69) is 15.1 Å². The molecule has 0 unspecified atom stereocenters. The third-order valence-corrected chi connectivity index (χ3v) is 4.36. The van der Waals surface area contributed by atoms with E-state index in [1.54, 1.807) is 12.4 Å². The van der Waals surface area contributed by atoms with E-state index in [0.29, 0.717) is 24.6 Å². The average Bonchev–Trinajstić information content (AvgIpc) is 3.22. The quantitative estimate of drug-likeness (QED) is 0.862. The van der Waals surface area contributed by atoms with Crippen LogP contribution < -0.4 is 0 Å². The van der Waals surface area contributed by atoms with E-state index in [1.807, 2.05) is 37.8 Å². The minimum absolute atomic E-state index is 0.143. The van der Waals surface area contributed by atoms with Crippen LogP contribution in [0, 0.1) is 0 Å². The molecule has 128 valence electrons. The van der Waals surface area contributed by atoms with E-state index in [9.17, 15) is 4.79 Å². The largest absolute Gasteiger partial charge is 0.339 e. The van der Waals surface area contributed by atoms with Crippen LogP contribution in [0.2, 0.25) is 0 Å². The summed E-state index contributed by atoms with van der Waals surface area (Å²) in [5.74, 6) is 1.36. The Kier molecular flexibility index (Phi) is 4.64. The van der Waals surface area contributed by atoms with Crippen LogP contribution in [0.25, 0.3) is 0 Å². The molecule has 2 aromatic rings. The number of carbonyl (C=O) groups excluding carboxylic acids is 1. The smallest absolute Gasteiger partial charge is 0.227 e. The first-order chi connectivity index (χ1) is 11.4. The molecule has 1 fully saturated rings. The van der Waals surface area contributed by atoms with E-state index in [-0.39, 0.29) is 17.4 Å². The van der Waals surface area contributed by atoms with Gasteiger partial charge >= 0.3 is 0 Å². The molecule has 1 aliphatic heterocycles. The second-order valence-electron chi connectivity index (χ2n) is 7.29. The zero-order valence-corrected chi connectivity index (χ0v) is 14.5. The molecule has 0 aliphatic carbocycles. The van der Waals surface area contributed by atoms with Gasteiger partial charge in [0.25, 0.3) is 0 Å². The predicted molar refractivity (Wildman–Crippen MR) is 89.2 cm³/mol. The SMILES string of the molecule is CC(C)(C)c1noc(CCC(=O)N2CCC[C@@H]2c2ccncc2)n1. The molecule has 1 atom stereocenters. The Morgan fingerprint density at radius 3 is 2.75 bits per heavy atom. The Morgan fingerprint density at radius 1 is 1.33 bits per heavy atom. The molecule has 6 nitrogen and oxygen atoms in total.